The zero-order valence-corrected chi connectivity index (χ0v) is 8.57. The number of benzene rings is 1. The number of nitrogens with one attached hydrogen (secondary N) is 2. The smallest absolute Gasteiger partial charge is 0.314 e. The SMILES string of the molecule is O=[N+]([O-])CC(O)(NNc1ccccc1)[N+](=O)[O-]. The number of para-hydroxylation sites is 1. The Morgan fingerprint density at radius 1 is 1.24 bits per heavy atom. The van der Waals surface area contributed by atoms with E-state index in [0.717, 1.165) is 0 Å². The van der Waals surface area contributed by atoms with Crippen LogP contribution in [-0.2, 0) is 0 Å². The van der Waals surface area contributed by atoms with E-state index in [1.807, 2.05) is 5.43 Å². The highest BCUT2D eigenvalue weighted by molar-refractivity contribution is 5.41. The summed E-state index contributed by atoms with van der Waals surface area (Å²) in [4.78, 5) is 18.6. The molecule has 0 bridgehead atoms. The lowest BCUT2D eigenvalue weighted by molar-refractivity contribution is -0.678. The number of nitrogens with zero attached hydrogens (tertiary/aromatic N) is 2. The third-order valence-corrected chi connectivity index (χ3v) is 1.83. The van der Waals surface area contributed by atoms with Crippen LogP contribution in [0.25, 0.3) is 0 Å². The van der Waals surface area contributed by atoms with Crippen molar-refractivity contribution in [3.05, 3.63) is 50.6 Å². The lowest BCUT2D eigenvalue weighted by atomic mass is 10.3. The molecule has 17 heavy (non-hydrogen) atoms. The van der Waals surface area contributed by atoms with Crippen molar-refractivity contribution in [2.75, 3.05) is 12.0 Å². The summed E-state index contributed by atoms with van der Waals surface area (Å²) in [5.74, 6) is -2.86. The molecule has 0 radical (unpaired) electrons. The lowest BCUT2D eigenvalue weighted by Crippen LogP contribution is -2.58. The van der Waals surface area contributed by atoms with Gasteiger partial charge in [0.15, 0.2) is 0 Å². The zero-order valence-electron chi connectivity index (χ0n) is 8.57. The third-order valence-electron chi connectivity index (χ3n) is 1.83. The topological polar surface area (TPSA) is 131 Å². The quantitative estimate of drug-likeness (QED) is 0.357. The summed E-state index contributed by atoms with van der Waals surface area (Å²) in [6, 6.07) is 8.17. The Hall–Kier alpha value is -2.26. The minimum Gasteiger partial charge on any atom is -0.314 e. The summed E-state index contributed by atoms with van der Waals surface area (Å²) >= 11 is 0. The first-order valence-corrected chi connectivity index (χ1v) is 4.51. The number of hydrazine groups is 1. The minimum absolute atomic E-state index is 0.427. The van der Waals surface area contributed by atoms with E-state index < -0.39 is 22.2 Å². The van der Waals surface area contributed by atoms with Gasteiger partial charge in [-0.05, 0) is 12.1 Å². The molecule has 0 fully saturated rings. The maximum atomic E-state index is 10.5. The van der Waals surface area contributed by atoms with Gasteiger partial charge in [-0.3, -0.25) is 20.2 Å². The Balaban J connectivity index is 2.68. The van der Waals surface area contributed by atoms with Crippen molar-refractivity contribution in [1.82, 2.24) is 5.43 Å². The van der Waals surface area contributed by atoms with Gasteiger partial charge in [-0.25, -0.2) is 0 Å². The Bertz CT molecular complexity index is 412. The van der Waals surface area contributed by atoms with Crippen molar-refractivity contribution in [2.24, 2.45) is 0 Å². The largest absolute Gasteiger partial charge is 0.464 e. The molecular formula is C8H10N4O5. The minimum atomic E-state index is -2.86. The average Bonchev–Trinajstić information content (AvgIpc) is 2.27. The third kappa shape index (κ3) is 3.66. The van der Waals surface area contributed by atoms with Gasteiger partial charge in [-0.2, -0.15) is 0 Å². The van der Waals surface area contributed by atoms with Crippen molar-refractivity contribution < 1.29 is 15.0 Å². The molecule has 1 rings (SSSR count). The standard InChI is InChI=1S/C8H10N4O5/c13-8(12(16)17,6-11(14)15)10-9-7-4-2-1-3-5-7/h1-5,9-10,13H,6H2. The number of rotatable bonds is 6. The Kier molecular flexibility index (Phi) is 3.91. The molecule has 3 N–H and O–H groups in total. The highest BCUT2D eigenvalue weighted by Gasteiger charge is 2.46. The van der Waals surface area contributed by atoms with Crippen molar-refractivity contribution in [1.29, 1.82) is 0 Å². The van der Waals surface area contributed by atoms with E-state index in [2.05, 4.69) is 5.43 Å². The fraction of sp³-hybridized carbons (Fsp3) is 0.250. The fourth-order valence-electron chi connectivity index (χ4n) is 1.02. The Morgan fingerprint density at radius 2 is 1.82 bits per heavy atom. The normalized spacial score (nSPS) is 13.7. The monoisotopic (exact) mass is 242 g/mol. The van der Waals surface area contributed by atoms with E-state index in [9.17, 15) is 25.3 Å². The van der Waals surface area contributed by atoms with Gasteiger partial charge in [-0.1, -0.05) is 18.2 Å². The summed E-state index contributed by atoms with van der Waals surface area (Å²) in [5, 5.41) is 30.1. The van der Waals surface area contributed by atoms with Crippen molar-refractivity contribution in [2.45, 2.75) is 5.85 Å². The van der Waals surface area contributed by atoms with Crippen molar-refractivity contribution >= 4 is 5.69 Å². The Morgan fingerprint density at radius 3 is 2.29 bits per heavy atom. The maximum Gasteiger partial charge on any atom is 0.464 e. The molecule has 1 aromatic carbocycles. The Labute approximate surface area is 95.3 Å². The second kappa shape index (κ2) is 5.18. The molecule has 0 aliphatic heterocycles. The number of aliphatic hydroxyl groups is 1. The summed E-state index contributed by atoms with van der Waals surface area (Å²) in [6.07, 6.45) is 0. The summed E-state index contributed by atoms with van der Waals surface area (Å²) in [5.41, 5.74) is 4.66. The van der Waals surface area contributed by atoms with Gasteiger partial charge in [0, 0.05) is 10.6 Å². The lowest BCUT2D eigenvalue weighted by Gasteiger charge is -2.17. The molecule has 0 heterocycles. The van der Waals surface area contributed by atoms with E-state index in [4.69, 9.17) is 0 Å². The number of hydrogen-bond acceptors (Lipinski definition) is 7. The van der Waals surface area contributed by atoms with Crippen LogP contribution in [0.3, 0.4) is 0 Å². The average molecular weight is 242 g/mol. The van der Waals surface area contributed by atoms with Crippen molar-refractivity contribution in [3.63, 3.8) is 0 Å². The molecule has 0 aliphatic rings. The number of anilines is 1. The van der Waals surface area contributed by atoms with Crippen LogP contribution in [0.1, 0.15) is 0 Å². The van der Waals surface area contributed by atoms with E-state index in [-0.39, 0.29) is 0 Å². The predicted octanol–water partition coefficient (Wildman–Crippen LogP) is -0.197. The first-order valence-electron chi connectivity index (χ1n) is 4.51. The molecule has 0 spiro atoms. The number of hydrogen-bond donors (Lipinski definition) is 3. The first kappa shape index (κ1) is 12.8. The molecule has 1 aromatic rings. The maximum absolute atomic E-state index is 10.5. The first-order chi connectivity index (χ1) is 7.94. The van der Waals surface area contributed by atoms with Gasteiger partial charge in [0.1, 0.15) is 0 Å². The second-order valence-corrected chi connectivity index (χ2v) is 3.18. The van der Waals surface area contributed by atoms with E-state index in [1.165, 1.54) is 0 Å². The van der Waals surface area contributed by atoms with Gasteiger partial charge in [-0.15, -0.1) is 5.43 Å². The molecule has 1 unspecified atom stereocenters. The van der Waals surface area contributed by atoms with Gasteiger partial charge < -0.3 is 10.5 Å². The van der Waals surface area contributed by atoms with Crippen LogP contribution >= 0.6 is 0 Å². The van der Waals surface area contributed by atoms with Gasteiger partial charge in [0.2, 0.25) is 0 Å². The molecule has 92 valence electrons. The highest BCUT2D eigenvalue weighted by atomic mass is 16.7. The summed E-state index contributed by atoms with van der Waals surface area (Å²) in [7, 11) is 0. The molecule has 0 aliphatic carbocycles. The van der Waals surface area contributed by atoms with E-state index >= 15 is 0 Å². The van der Waals surface area contributed by atoms with E-state index in [0.29, 0.717) is 5.69 Å². The van der Waals surface area contributed by atoms with Gasteiger partial charge >= 0.3 is 12.4 Å². The molecule has 0 aromatic heterocycles. The van der Waals surface area contributed by atoms with E-state index in [1.54, 1.807) is 30.3 Å². The molecule has 1 atom stereocenters. The highest BCUT2D eigenvalue weighted by Crippen LogP contribution is 2.06. The van der Waals surface area contributed by atoms with Gasteiger partial charge in [0.05, 0.1) is 4.92 Å². The summed E-state index contributed by atoms with van der Waals surface area (Å²) in [6.45, 7) is -1.26. The number of nitro groups is 2. The molecular weight excluding hydrogens is 232 g/mol. The van der Waals surface area contributed by atoms with Crippen LogP contribution in [0.4, 0.5) is 5.69 Å². The van der Waals surface area contributed by atoms with Crippen LogP contribution in [0.15, 0.2) is 30.3 Å². The van der Waals surface area contributed by atoms with Crippen LogP contribution in [0.5, 0.6) is 0 Å². The van der Waals surface area contributed by atoms with Crippen molar-refractivity contribution in [3.8, 4) is 0 Å². The van der Waals surface area contributed by atoms with Crippen LogP contribution in [0.2, 0.25) is 0 Å². The predicted molar refractivity (Wildman–Crippen MR) is 57.0 cm³/mol. The molecule has 0 saturated carbocycles. The zero-order chi connectivity index (χ0) is 12.9. The van der Waals surface area contributed by atoms with Crippen LogP contribution < -0.4 is 10.9 Å². The second-order valence-electron chi connectivity index (χ2n) is 3.18. The molecule has 0 amide bonds. The molecule has 0 saturated heterocycles. The molecule has 9 nitrogen and oxygen atoms in total. The van der Waals surface area contributed by atoms with Gasteiger partial charge in [0.25, 0.3) is 0 Å². The fourth-order valence-corrected chi connectivity index (χ4v) is 1.02. The van der Waals surface area contributed by atoms with Crippen LogP contribution in [0, 0.1) is 20.2 Å². The van der Waals surface area contributed by atoms with Crippen LogP contribution in [-0.4, -0.2) is 27.3 Å². The molecule has 9 heteroatoms. The summed E-state index contributed by atoms with van der Waals surface area (Å²) < 4.78 is 0.